The number of carbonyl (C=O) groups is 1. The van der Waals surface area contributed by atoms with E-state index in [9.17, 15) is 9.00 Å². The molecule has 0 radical (unpaired) electrons. The monoisotopic (exact) mass is 256 g/mol. The lowest BCUT2D eigenvalue weighted by molar-refractivity contribution is 0.103. The van der Waals surface area contributed by atoms with Crippen molar-refractivity contribution in [2.75, 3.05) is 0 Å². The van der Waals surface area contributed by atoms with E-state index in [1.165, 1.54) is 0 Å². The lowest BCUT2D eigenvalue weighted by atomic mass is 9.98. The van der Waals surface area contributed by atoms with Gasteiger partial charge >= 0.3 is 0 Å². The zero-order valence-electron chi connectivity index (χ0n) is 9.97. The van der Waals surface area contributed by atoms with E-state index in [0.29, 0.717) is 21.8 Å². The third kappa shape index (κ3) is 1.71. The standard InChI is InChI=1S/C15H12O2S/c1-10-6-7-14-13(8-10)15(16)12-5-3-2-4-11(12)9-18(14)17/h2-8H,9H2,1H3/t18-/m0/s1. The van der Waals surface area contributed by atoms with E-state index in [1.807, 2.05) is 49.4 Å². The van der Waals surface area contributed by atoms with Gasteiger partial charge in [0.25, 0.3) is 0 Å². The Kier molecular flexibility index (Phi) is 2.63. The van der Waals surface area contributed by atoms with Gasteiger partial charge in [-0.3, -0.25) is 9.00 Å². The van der Waals surface area contributed by atoms with Gasteiger partial charge in [0, 0.05) is 11.1 Å². The molecule has 2 aromatic rings. The largest absolute Gasteiger partial charge is 0.289 e. The van der Waals surface area contributed by atoms with Crippen LogP contribution in [0.5, 0.6) is 0 Å². The molecule has 0 aliphatic carbocycles. The van der Waals surface area contributed by atoms with Crippen molar-refractivity contribution in [1.82, 2.24) is 0 Å². The summed E-state index contributed by atoms with van der Waals surface area (Å²) in [6, 6.07) is 13.0. The molecule has 3 heteroatoms. The molecular weight excluding hydrogens is 244 g/mol. The predicted molar refractivity (Wildman–Crippen MR) is 71.2 cm³/mol. The van der Waals surface area contributed by atoms with Crippen LogP contribution in [0.25, 0.3) is 0 Å². The predicted octanol–water partition coefficient (Wildman–Crippen LogP) is 2.85. The van der Waals surface area contributed by atoms with Crippen molar-refractivity contribution >= 4 is 16.6 Å². The molecular formula is C15H12O2S. The summed E-state index contributed by atoms with van der Waals surface area (Å²) in [5.41, 5.74) is 3.14. The van der Waals surface area contributed by atoms with Gasteiger partial charge < -0.3 is 0 Å². The highest BCUT2D eigenvalue weighted by atomic mass is 32.2. The van der Waals surface area contributed by atoms with E-state index < -0.39 is 10.8 Å². The van der Waals surface area contributed by atoms with Crippen molar-refractivity contribution in [1.29, 1.82) is 0 Å². The van der Waals surface area contributed by atoms with E-state index >= 15 is 0 Å². The lowest BCUT2D eigenvalue weighted by Crippen LogP contribution is -2.04. The molecule has 0 aromatic heterocycles. The minimum atomic E-state index is -1.14. The number of hydrogen-bond acceptors (Lipinski definition) is 2. The van der Waals surface area contributed by atoms with Crippen LogP contribution in [0, 0.1) is 6.92 Å². The summed E-state index contributed by atoms with van der Waals surface area (Å²) in [7, 11) is -1.14. The van der Waals surface area contributed by atoms with E-state index in [1.54, 1.807) is 0 Å². The van der Waals surface area contributed by atoms with Crippen LogP contribution in [0.1, 0.15) is 27.0 Å². The SMILES string of the molecule is Cc1ccc2c(c1)C(=O)c1ccccc1C[S@@]2=O. The van der Waals surface area contributed by atoms with E-state index in [2.05, 4.69) is 0 Å². The first kappa shape index (κ1) is 11.4. The molecule has 1 atom stereocenters. The average Bonchev–Trinajstić information content (AvgIpc) is 2.47. The highest BCUT2D eigenvalue weighted by molar-refractivity contribution is 7.84. The quantitative estimate of drug-likeness (QED) is 0.726. The number of benzene rings is 2. The van der Waals surface area contributed by atoms with Gasteiger partial charge in [-0.15, -0.1) is 0 Å². The smallest absolute Gasteiger partial charge is 0.194 e. The normalized spacial score (nSPS) is 17.8. The first-order valence-corrected chi connectivity index (χ1v) is 7.10. The van der Waals surface area contributed by atoms with Crippen molar-refractivity contribution in [3.63, 3.8) is 0 Å². The maximum atomic E-state index is 12.5. The molecule has 0 saturated carbocycles. The summed E-state index contributed by atoms with van der Waals surface area (Å²) in [6.07, 6.45) is 0. The summed E-state index contributed by atoms with van der Waals surface area (Å²) in [6.45, 7) is 1.94. The summed E-state index contributed by atoms with van der Waals surface area (Å²) in [5, 5.41) is 0. The molecule has 0 saturated heterocycles. The molecule has 2 aromatic carbocycles. The summed E-state index contributed by atoms with van der Waals surface area (Å²) in [4.78, 5) is 13.1. The Balaban J connectivity index is 2.30. The summed E-state index contributed by atoms with van der Waals surface area (Å²) >= 11 is 0. The molecule has 3 rings (SSSR count). The molecule has 1 aliphatic rings. The van der Waals surface area contributed by atoms with Crippen molar-refractivity contribution in [2.45, 2.75) is 17.6 Å². The first-order valence-electron chi connectivity index (χ1n) is 5.78. The van der Waals surface area contributed by atoms with Gasteiger partial charge in [0.2, 0.25) is 0 Å². The second-order valence-electron chi connectivity index (χ2n) is 4.48. The Morgan fingerprint density at radius 1 is 1.06 bits per heavy atom. The Morgan fingerprint density at radius 3 is 2.67 bits per heavy atom. The van der Waals surface area contributed by atoms with Gasteiger partial charge in [-0.1, -0.05) is 35.9 Å². The molecule has 0 bridgehead atoms. The Hall–Kier alpha value is -1.74. The molecule has 18 heavy (non-hydrogen) atoms. The molecule has 0 fully saturated rings. The van der Waals surface area contributed by atoms with E-state index in [-0.39, 0.29) is 5.78 Å². The maximum Gasteiger partial charge on any atom is 0.194 e. The lowest BCUT2D eigenvalue weighted by Gasteiger charge is -2.05. The summed E-state index contributed by atoms with van der Waals surface area (Å²) < 4.78 is 12.3. The van der Waals surface area contributed by atoms with Crippen LogP contribution in [0.4, 0.5) is 0 Å². The summed E-state index contributed by atoms with van der Waals surface area (Å²) in [5.74, 6) is 0.396. The molecule has 90 valence electrons. The van der Waals surface area contributed by atoms with Gasteiger partial charge in [0.15, 0.2) is 5.78 Å². The van der Waals surface area contributed by atoms with Crippen LogP contribution in [-0.4, -0.2) is 9.99 Å². The number of fused-ring (bicyclic) bond motifs is 2. The minimum absolute atomic E-state index is 0.0184. The van der Waals surface area contributed by atoms with Gasteiger partial charge in [0.05, 0.1) is 21.4 Å². The Morgan fingerprint density at radius 2 is 1.83 bits per heavy atom. The zero-order chi connectivity index (χ0) is 12.7. The van der Waals surface area contributed by atoms with Gasteiger partial charge in [-0.25, -0.2) is 0 Å². The highest BCUT2D eigenvalue weighted by Gasteiger charge is 2.24. The van der Waals surface area contributed by atoms with Crippen molar-refractivity contribution in [3.8, 4) is 0 Å². The average molecular weight is 256 g/mol. The van der Waals surface area contributed by atoms with Crippen LogP contribution >= 0.6 is 0 Å². The number of rotatable bonds is 0. The number of hydrogen-bond donors (Lipinski definition) is 0. The molecule has 0 amide bonds. The van der Waals surface area contributed by atoms with E-state index in [4.69, 9.17) is 0 Å². The fourth-order valence-electron chi connectivity index (χ4n) is 2.25. The Bertz CT molecular complexity index is 674. The van der Waals surface area contributed by atoms with Crippen LogP contribution in [0.3, 0.4) is 0 Å². The fourth-order valence-corrected chi connectivity index (χ4v) is 3.56. The number of ketones is 1. The van der Waals surface area contributed by atoms with Gasteiger partial charge in [-0.2, -0.15) is 0 Å². The molecule has 1 heterocycles. The van der Waals surface area contributed by atoms with Crippen LogP contribution in [0.15, 0.2) is 47.4 Å². The van der Waals surface area contributed by atoms with Crippen LogP contribution in [-0.2, 0) is 16.6 Å². The fraction of sp³-hybridized carbons (Fsp3) is 0.133. The zero-order valence-corrected chi connectivity index (χ0v) is 10.8. The minimum Gasteiger partial charge on any atom is -0.289 e. The molecule has 0 N–H and O–H groups in total. The van der Waals surface area contributed by atoms with Crippen LogP contribution < -0.4 is 0 Å². The van der Waals surface area contributed by atoms with Crippen molar-refractivity contribution in [3.05, 3.63) is 64.7 Å². The van der Waals surface area contributed by atoms with Crippen molar-refractivity contribution in [2.24, 2.45) is 0 Å². The maximum absolute atomic E-state index is 12.5. The topological polar surface area (TPSA) is 34.1 Å². The second-order valence-corrected chi connectivity index (χ2v) is 5.90. The first-order chi connectivity index (χ1) is 8.66. The third-order valence-electron chi connectivity index (χ3n) is 3.17. The van der Waals surface area contributed by atoms with Crippen LogP contribution in [0.2, 0.25) is 0 Å². The molecule has 2 nitrogen and oxygen atoms in total. The van der Waals surface area contributed by atoms with Crippen molar-refractivity contribution < 1.29 is 9.00 Å². The number of carbonyl (C=O) groups excluding carboxylic acids is 1. The van der Waals surface area contributed by atoms with E-state index in [0.717, 1.165) is 11.1 Å². The molecule has 0 spiro atoms. The molecule has 1 aliphatic heterocycles. The van der Waals surface area contributed by atoms with Gasteiger partial charge in [-0.05, 0) is 24.6 Å². The Labute approximate surface area is 108 Å². The van der Waals surface area contributed by atoms with Gasteiger partial charge in [0.1, 0.15) is 0 Å². The number of aryl methyl sites for hydroxylation is 1. The second kappa shape index (κ2) is 4.18. The third-order valence-corrected chi connectivity index (χ3v) is 4.59. The highest BCUT2D eigenvalue weighted by Crippen LogP contribution is 2.27. The molecule has 0 unspecified atom stereocenters.